The number of nitrogens with zero attached hydrogens (tertiary/aromatic N) is 1. The lowest BCUT2D eigenvalue weighted by molar-refractivity contribution is -0.121. The van der Waals surface area contributed by atoms with Gasteiger partial charge in [0, 0.05) is 24.6 Å². The van der Waals surface area contributed by atoms with Gasteiger partial charge in [0.1, 0.15) is 6.29 Å². The van der Waals surface area contributed by atoms with Gasteiger partial charge < -0.3 is 10.1 Å². The fourth-order valence-corrected chi connectivity index (χ4v) is 2.61. The van der Waals surface area contributed by atoms with Crippen molar-refractivity contribution in [2.24, 2.45) is 0 Å². The molecule has 114 valence electrons. The van der Waals surface area contributed by atoms with Crippen molar-refractivity contribution in [2.45, 2.75) is 18.9 Å². The molecule has 1 heterocycles. The molecule has 0 radical (unpaired) electrons. The highest BCUT2D eigenvalue weighted by Gasteiger charge is 2.36. The quantitative estimate of drug-likeness (QED) is 0.643. The highest BCUT2D eigenvalue weighted by atomic mass is 16.2. The zero-order valence-corrected chi connectivity index (χ0v) is 12.5. The Morgan fingerprint density at radius 3 is 2.77 bits per heavy atom. The van der Waals surface area contributed by atoms with Crippen molar-refractivity contribution in [1.82, 2.24) is 5.32 Å². The van der Waals surface area contributed by atoms with Crippen molar-refractivity contribution in [1.29, 1.82) is 0 Å². The van der Waals surface area contributed by atoms with Gasteiger partial charge in [0.05, 0.1) is 11.7 Å². The van der Waals surface area contributed by atoms with Crippen LogP contribution in [0.25, 0.3) is 11.6 Å². The Bertz CT molecular complexity index is 664. The molecule has 1 atom stereocenters. The van der Waals surface area contributed by atoms with E-state index in [9.17, 15) is 14.4 Å². The molecule has 1 aliphatic rings. The Morgan fingerprint density at radius 1 is 1.45 bits per heavy atom. The van der Waals surface area contributed by atoms with Gasteiger partial charge in [0.25, 0.3) is 5.91 Å². The zero-order chi connectivity index (χ0) is 16.3. The van der Waals surface area contributed by atoms with Gasteiger partial charge in [-0.3, -0.25) is 14.5 Å². The van der Waals surface area contributed by atoms with E-state index in [-0.39, 0.29) is 24.7 Å². The Kier molecular flexibility index (Phi) is 4.56. The molecule has 0 aliphatic carbocycles. The molecule has 0 aromatic heterocycles. The number of rotatable bonds is 6. The summed E-state index contributed by atoms with van der Waals surface area (Å²) in [7, 11) is 1.53. The fraction of sp³-hybridized carbons (Fsp3) is 0.235. The smallest absolute Gasteiger partial charge is 0.259 e. The standard InChI is InChI=1S/C17H18N2O3/c1-4-12-6-5-7-14-16(12)11(2)17(22)19(14)13(10-20)8-9-15(21)18-3/h4-7,10,13H,1-2,8-9H2,3H3,(H,18,21). The van der Waals surface area contributed by atoms with Crippen molar-refractivity contribution in [3.63, 3.8) is 0 Å². The molecule has 5 heteroatoms. The van der Waals surface area contributed by atoms with E-state index >= 15 is 0 Å². The van der Waals surface area contributed by atoms with Crippen LogP contribution in [-0.4, -0.2) is 31.2 Å². The lowest BCUT2D eigenvalue weighted by atomic mass is 10.0. The Morgan fingerprint density at radius 2 is 2.18 bits per heavy atom. The monoisotopic (exact) mass is 298 g/mol. The molecular weight excluding hydrogens is 280 g/mol. The molecule has 0 saturated carbocycles. The molecule has 1 aliphatic heterocycles. The molecule has 1 aromatic rings. The molecule has 1 unspecified atom stereocenters. The van der Waals surface area contributed by atoms with Gasteiger partial charge in [-0.1, -0.05) is 31.4 Å². The maximum absolute atomic E-state index is 12.5. The molecule has 0 fully saturated rings. The molecule has 2 amide bonds. The van der Waals surface area contributed by atoms with E-state index in [1.807, 2.05) is 6.07 Å². The number of aldehydes is 1. The highest BCUT2D eigenvalue weighted by Crippen LogP contribution is 2.40. The first-order valence-corrected chi connectivity index (χ1v) is 6.99. The minimum absolute atomic E-state index is 0.169. The van der Waals surface area contributed by atoms with Crippen LogP contribution in [0.4, 0.5) is 5.69 Å². The van der Waals surface area contributed by atoms with Crippen LogP contribution in [0, 0.1) is 0 Å². The van der Waals surface area contributed by atoms with Crippen LogP contribution in [0.5, 0.6) is 0 Å². The summed E-state index contributed by atoms with van der Waals surface area (Å²) in [5.74, 6) is -0.476. The second kappa shape index (κ2) is 6.39. The molecule has 0 saturated heterocycles. The molecular formula is C17H18N2O3. The molecule has 22 heavy (non-hydrogen) atoms. The van der Waals surface area contributed by atoms with Gasteiger partial charge >= 0.3 is 0 Å². The highest BCUT2D eigenvalue weighted by molar-refractivity contribution is 6.33. The lowest BCUT2D eigenvalue weighted by Crippen LogP contribution is -2.39. The summed E-state index contributed by atoms with van der Waals surface area (Å²) in [5, 5.41) is 2.50. The van der Waals surface area contributed by atoms with Gasteiger partial charge in [-0.05, 0) is 18.1 Å². The SMILES string of the molecule is C=Cc1cccc2c1C(=C)C(=O)N2C(C=O)CCC(=O)NC. The van der Waals surface area contributed by atoms with E-state index in [0.717, 1.165) is 5.56 Å². The summed E-state index contributed by atoms with van der Waals surface area (Å²) < 4.78 is 0. The predicted octanol–water partition coefficient (Wildman–Crippen LogP) is 1.78. The Balaban J connectivity index is 2.38. The van der Waals surface area contributed by atoms with Crippen LogP contribution >= 0.6 is 0 Å². The Labute approximate surface area is 129 Å². The van der Waals surface area contributed by atoms with E-state index < -0.39 is 6.04 Å². The van der Waals surface area contributed by atoms with Crippen LogP contribution in [-0.2, 0) is 14.4 Å². The predicted molar refractivity (Wildman–Crippen MR) is 86.2 cm³/mol. The van der Waals surface area contributed by atoms with Crippen molar-refractivity contribution in [3.8, 4) is 0 Å². The average molecular weight is 298 g/mol. The summed E-state index contributed by atoms with van der Waals surface area (Å²) in [6.07, 6.45) is 2.79. The first-order valence-electron chi connectivity index (χ1n) is 6.99. The number of amides is 2. The summed E-state index contributed by atoms with van der Waals surface area (Å²) >= 11 is 0. The summed E-state index contributed by atoms with van der Waals surface area (Å²) in [6, 6.07) is 4.72. The number of anilines is 1. The largest absolute Gasteiger partial charge is 0.359 e. The van der Waals surface area contributed by atoms with Crippen LogP contribution in [0.1, 0.15) is 24.0 Å². The number of carbonyl (C=O) groups is 3. The molecule has 0 spiro atoms. The first kappa shape index (κ1) is 15.7. The van der Waals surface area contributed by atoms with E-state index in [2.05, 4.69) is 18.5 Å². The minimum Gasteiger partial charge on any atom is -0.359 e. The van der Waals surface area contributed by atoms with Crippen LogP contribution in [0.3, 0.4) is 0 Å². The molecule has 5 nitrogen and oxygen atoms in total. The number of benzene rings is 1. The second-order valence-corrected chi connectivity index (χ2v) is 5.01. The van der Waals surface area contributed by atoms with E-state index in [1.54, 1.807) is 18.2 Å². The van der Waals surface area contributed by atoms with E-state index in [0.29, 0.717) is 23.1 Å². The minimum atomic E-state index is -0.692. The zero-order valence-electron chi connectivity index (χ0n) is 12.5. The van der Waals surface area contributed by atoms with Gasteiger partial charge in [-0.2, -0.15) is 0 Å². The summed E-state index contributed by atoms with van der Waals surface area (Å²) in [6.45, 7) is 7.56. The molecule has 1 N–H and O–H groups in total. The molecule has 0 bridgehead atoms. The van der Waals surface area contributed by atoms with Gasteiger partial charge in [-0.15, -0.1) is 0 Å². The fourth-order valence-electron chi connectivity index (χ4n) is 2.61. The van der Waals surface area contributed by atoms with Crippen molar-refractivity contribution >= 4 is 35.4 Å². The molecule has 2 rings (SSSR count). The van der Waals surface area contributed by atoms with Crippen LogP contribution in [0.15, 0.2) is 31.4 Å². The van der Waals surface area contributed by atoms with Crippen LogP contribution < -0.4 is 10.2 Å². The topological polar surface area (TPSA) is 66.5 Å². The molecule has 1 aromatic carbocycles. The number of nitrogens with one attached hydrogen (secondary N) is 1. The van der Waals surface area contributed by atoms with Gasteiger partial charge in [-0.25, -0.2) is 0 Å². The van der Waals surface area contributed by atoms with E-state index in [1.165, 1.54) is 11.9 Å². The van der Waals surface area contributed by atoms with Crippen molar-refractivity contribution < 1.29 is 14.4 Å². The number of hydrogen-bond donors (Lipinski definition) is 1. The first-order chi connectivity index (χ1) is 10.5. The number of hydrogen-bond acceptors (Lipinski definition) is 3. The van der Waals surface area contributed by atoms with Crippen molar-refractivity contribution in [2.75, 3.05) is 11.9 Å². The summed E-state index contributed by atoms with van der Waals surface area (Å²) in [4.78, 5) is 36.7. The van der Waals surface area contributed by atoms with Crippen molar-refractivity contribution in [3.05, 3.63) is 42.5 Å². The summed E-state index contributed by atoms with van der Waals surface area (Å²) in [5.41, 5.74) is 2.49. The van der Waals surface area contributed by atoms with E-state index in [4.69, 9.17) is 0 Å². The van der Waals surface area contributed by atoms with Gasteiger partial charge in [0.2, 0.25) is 5.91 Å². The third-order valence-electron chi connectivity index (χ3n) is 3.77. The maximum atomic E-state index is 12.5. The second-order valence-electron chi connectivity index (χ2n) is 5.01. The van der Waals surface area contributed by atoms with Gasteiger partial charge in [0.15, 0.2) is 0 Å². The third-order valence-corrected chi connectivity index (χ3v) is 3.77. The number of carbonyl (C=O) groups excluding carboxylic acids is 3. The lowest BCUT2D eigenvalue weighted by Gasteiger charge is -2.23. The average Bonchev–Trinajstić information content (AvgIpc) is 2.80. The van der Waals surface area contributed by atoms with Crippen LogP contribution in [0.2, 0.25) is 0 Å². The Hall–Kier alpha value is -2.69. The number of fused-ring (bicyclic) bond motifs is 1. The third kappa shape index (κ3) is 2.57. The maximum Gasteiger partial charge on any atom is 0.259 e. The normalized spacial score (nSPS) is 14.5.